The Morgan fingerprint density at radius 3 is 1.09 bits per heavy atom. The average Bonchev–Trinajstić information content (AvgIpc) is 3.56. The van der Waals surface area contributed by atoms with Gasteiger partial charge in [0.15, 0.2) is 0 Å². The van der Waals surface area contributed by atoms with Crippen LogP contribution in [0.5, 0.6) is 0 Å². The molecule has 8 nitrogen and oxygen atoms in total. The lowest BCUT2D eigenvalue weighted by atomic mass is 9.88. The van der Waals surface area contributed by atoms with Gasteiger partial charge in [-0.3, -0.25) is 0 Å². The quantitative estimate of drug-likeness (QED) is 0.225. The van der Waals surface area contributed by atoms with Crippen LogP contribution >= 0.6 is 0 Å². The summed E-state index contributed by atoms with van der Waals surface area (Å²) in [6.45, 7) is 0. The predicted octanol–water partition coefficient (Wildman–Crippen LogP) is 6.62. The molecule has 3 aromatic rings. The van der Waals surface area contributed by atoms with Crippen molar-refractivity contribution in [1.29, 1.82) is 42.1 Å². The van der Waals surface area contributed by atoms with Crippen LogP contribution in [0.3, 0.4) is 0 Å². The van der Waals surface area contributed by atoms with Crippen molar-refractivity contribution in [3.63, 3.8) is 0 Å². The van der Waals surface area contributed by atoms with E-state index in [1.165, 1.54) is 12.1 Å². The Bertz CT molecular complexity index is 2340. The second-order valence-corrected chi connectivity index (χ2v) is 9.55. The summed E-state index contributed by atoms with van der Waals surface area (Å²) in [7, 11) is 0. The summed E-state index contributed by atoms with van der Waals surface area (Å²) in [5.41, 5.74) is -10.2. The summed E-state index contributed by atoms with van der Waals surface area (Å²) in [5, 5.41) is 78.4. The lowest BCUT2D eigenvalue weighted by Crippen LogP contribution is -2.00. The van der Waals surface area contributed by atoms with E-state index in [1.54, 1.807) is 36.4 Å². The maximum Gasteiger partial charge on any atom is 0.143 e. The number of nitrogens with zero attached hydrogens (tertiary/aromatic N) is 8. The highest BCUT2D eigenvalue weighted by molar-refractivity contribution is 6.30. The molecule has 3 aromatic carbocycles. The molecular formula is C34H5F5N8. The smallest absolute Gasteiger partial charge is 0.143 e. The van der Waals surface area contributed by atoms with E-state index in [0.717, 1.165) is 6.07 Å². The zero-order valence-electron chi connectivity index (χ0n) is 22.9. The van der Waals surface area contributed by atoms with Gasteiger partial charge in [0, 0.05) is 56.7 Å². The molecule has 0 radical (unpaired) electrons. The number of nitriles is 8. The standard InChI is InChI=1S/C34H5F5N8/c35-24-4-26(37)18(1-14(24)6-40)30-22(12-46)32-20(28(30)16(8-42)9-43)3-21-29(17(10-44)11-45)31(23(13-47)33(21)34(32)39)19-2-15(7-41)25(36)5-27(19)38/h1-5H. The molecule has 2 aliphatic rings. The summed E-state index contributed by atoms with van der Waals surface area (Å²) in [5.74, 6) is -6.68. The first kappa shape index (κ1) is 30.6. The molecule has 0 saturated carbocycles. The van der Waals surface area contributed by atoms with E-state index in [-0.39, 0.29) is 0 Å². The summed E-state index contributed by atoms with van der Waals surface area (Å²) in [6.07, 6.45) is 0. The molecule has 0 bridgehead atoms. The summed E-state index contributed by atoms with van der Waals surface area (Å²) in [6, 6.07) is 15.6. The number of fused-ring (bicyclic) bond motifs is 2. The molecule has 0 atom stereocenters. The summed E-state index contributed by atoms with van der Waals surface area (Å²) >= 11 is 0. The van der Waals surface area contributed by atoms with E-state index in [1.807, 2.05) is 0 Å². The third kappa shape index (κ3) is 4.27. The van der Waals surface area contributed by atoms with Crippen molar-refractivity contribution in [2.45, 2.75) is 0 Å². The zero-order chi connectivity index (χ0) is 34.3. The molecule has 0 aromatic heterocycles. The Hall–Kier alpha value is -7.81. The zero-order valence-corrected chi connectivity index (χ0v) is 22.9. The van der Waals surface area contributed by atoms with Gasteiger partial charge in [-0.25, -0.2) is 22.0 Å². The Morgan fingerprint density at radius 1 is 0.426 bits per heavy atom. The van der Waals surface area contributed by atoms with Crippen molar-refractivity contribution >= 4 is 33.4 Å². The van der Waals surface area contributed by atoms with Crippen LogP contribution in [0, 0.1) is 120 Å². The number of rotatable bonds is 2. The van der Waals surface area contributed by atoms with Crippen molar-refractivity contribution in [3.8, 4) is 48.6 Å². The van der Waals surface area contributed by atoms with Gasteiger partial charge in [0.05, 0.1) is 22.3 Å². The summed E-state index contributed by atoms with van der Waals surface area (Å²) in [4.78, 5) is 0. The van der Waals surface area contributed by atoms with Gasteiger partial charge >= 0.3 is 0 Å². The molecule has 5 rings (SSSR count). The maximum atomic E-state index is 16.9. The number of hydrogen-bond donors (Lipinski definition) is 0. The van der Waals surface area contributed by atoms with Crippen LogP contribution in [0.25, 0.3) is 33.4 Å². The molecule has 0 spiro atoms. The second-order valence-electron chi connectivity index (χ2n) is 9.55. The number of allylic oxidation sites excluding steroid dienone is 8. The van der Waals surface area contributed by atoms with E-state index < -0.39 is 118 Å². The van der Waals surface area contributed by atoms with Crippen LogP contribution in [0.1, 0.15) is 44.5 Å². The van der Waals surface area contributed by atoms with Crippen LogP contribution < -0.4 is 0 Å². The molecule has 0 fully saturated rings. The van der Waals surface area contributed by atoms with E-state index in [4.69, 9.17) is 0 Å². The van der Waals surface area contributed by atoms with Gasteiger partial charge in [-0.1, -0.05) is 0 Å². The molecule has 0 unspecified atom stereocenters. The molecule has 0 N–H and O–H groups in total. The highest BCUT2D eigenvalue weighted by atomic mass is 19.1. The number of halogens is 5. The molecule has 0 heterocycles. The van der Waals surface area contributed by atoms with Crippen molar-refractivity contribution < 1.29 is 22.0 Å². The molecule has 2 aliphatic carbocycles. The van der Waals surface area contributed by atoms with Crippen molar-refractivity contribution in [2.24, 2.45) is 0 Å². The minimum atomic E-state index is -1.41. The van der Waals surface area contributed by atoms with Crippen molar-refractivity contribution in [1.82, 2.24) is 0 Å². The topological polar surface area (TPSA) is 190 Å². The largest absolute Gasteiger partial charge is 0.206 e. The van der Waals surface area contributed by atoms with Gasteiger partial charge in [0.1, 0.15) is 88.8 Å². The second kappa shape index (κ2) is 11.4. The molecule has 0 saturated heterocycles. The lowest BCUT2D eigenvalue weighted by molar-refractivity contribution is 0.578. The number of benzene rings is 3. The molecule has 0 aliphatic heterocycles. The summed E-state index contributed by atoms with van der Waals surface area (Å²) < 4.78 is 75.9. The van der Waals surface area contributed by atoms with Gasteiger partial charge in [-0.15, -0.1) is 0 Å². The Kier molecular flexibility index (Phi) is 7.41. The minimum absolute atomic E-state index is 0.313. The fourth-order valence-electron chi connectivity index (χ4n) is 5.51. The fraction of sp³-hybridized carbons (Fsp3) is 0. The first-order valence-corrected chi connectivity index (χ1v) is 12.6. The number of hydrogen-bond acceptors (Lipinski definition) is 8. The fourth-order valence-corrected chi connectivity index (χ4v) is 5.51. The van der Waals surface area contributed by atoms with Gasteiger partial charge in [0.2, 0.25) is 0 Å². The third-order valence-electron chi connectivity index (χ3n) is 7.37. The van der Waals surface area contributed by atoms with Crippen LogP contribution in [0.15, 0.2) is 41.5 Å². The van der Waals surface area contributed by atoms with Gasteiger partial charge in [0.25, 0.3) is 0 Å². The minimum Gasteiger partial charge on any atom is -0.206 e. The van der Waals surface area contributed by atoms with Gasteiger partial charge in [-0.2, -0.15) is 42.1 Å². The molecule has 0 amide bonds. The Balaban J connectivity index is 2.03. The van der Waals surface area contributed by atoms with Crippen LogP contribution in [-0.2, 0) is 0 Å². The highest BCUT2D eigenvalue weighted by Gasteiger charge is 2.42. The lowest BCUT2D eigenvalue weighted by Gasteiger charge is -2.13. The van der Waals surface area contributed by atoms with Gasteiger partial charge < -0.3 is 0 Å². The van der Waals surface area contributed by atoms with E-state index >= 15 is 13.2 Å². The first-order valence-electron chi connectivity index (χ1n) is 12.6. The van der Waals surface area contributed by atoms with Gasteiger partial charge in [-0.05, 0) is 29.3 Å². The van der Waals surface area contributed by atoms with E-state index in [2.05, 4.69) is 0 Å². The third-order valence-corrected chi connectivity index (χ3v) is 7.37. The van der Waals surface area contributed by atoms with Crippen molar-refractivity contribution in [3.05, 3.63) is 115 Å². The highest BCUT2D eigenvalue weighted by Crippen LogP contribution is 2.56. The van der Waals surface area contributed by atoms with Crippen LogP contribution in [0.2, 0.25) is 0 Å². The Morgan fingerprint density at radius 2 is 0.787 bits per heavy atom. The van der Waals surface area contributed by atoms with Crippen LogP contribution in [0.4, 0.5) is 22.0 Å². The molecule has 47 heavy (non-hydrogen) atoms. The van der Waals surface area contributed by atoms with Crippen molar-refractivity contribution in [2.75, 3.05) is 0 Å². The normalized spacial score (nSPS) is 12.4. The van der Waals surface area contributed by atoms with Crippen LogP contribution in [-0.4, -0.2) is 0 Å². The monoisotopic (exact) mass is 620 g/mol. The first-order chi connectivity index (χ1) is 22.6. The molecule has 216 valence electrons. The molecule has 13 heteroatoms. The SMILES string of the molecule is N#CC(C#N)=C1C(c2cc(C#N)c(F)cc2F)=C(C#N)c2c1cc1c(c2F)C(C#N)=C(c2cc(C#N)c(F)cc2F)C1=C(C#N)C#N. The Labute approximate surface area is 261 Å². The van der Waals surface area contributed by atoms with E-state index in [0.29, 0.717) is 24.3 Å². The maximum absolute atomic E-state index is 16.9. The van der Waals surface area contributed by atoms with E-state index in [9.17, 15) is 50.9 Å². The average molecular weight is 620 g/mol. The molecular weight excluding hydrogens is 615 g/mol. The predicted molar refractivity (Wildman–Crippen MR) is 150 cm³/mol.